The van der Waals surface area contributed by atoms with Crippen molar-refractivity contribution in [1.82, 2.24) is 4.98 Å². The van der Waals surface area contributed by atoms with Crippen LogP contribution >= 0.6 is 0 Å². The molecule has 0 amide bonds. The number of pyridine rings is 1. The Kier molecular flexibility index (Phi) is 2.82. The number of benzene rings is 1. The third-order valence-electron chi connectivity index (χ3n) is 3.39. The first-order valence-electron chi connectivity index (χ1n) is 6.52. The molecule has 2 aromatic heterocycles. The zero-order chi connectivity index (χ0) is 13.4. The summed E-state index contributed by atoms with van der Waals surface area (Å²) in [6.07, 6.45) is 1.97. The summed E-state index contributed by atoms with van der Waals surface area (Å²) in [4.78, 5) is 16.9. The number of aromatic nitrogens is 1. The number of hydrogen-bond donors (Lipinski definition) is 0. The van der Waals surface area contributed by atoms with Crippen LogP contribution in [0.5, 0.6) is 0 Å². The van der Waals surface area contributed by atoms with E-state index in [0.717, 1.165) is 24.1 Å². The maximum atomic E-state index is 12.5. The van der Waals surface area contributed by atoms with Gasteiger partial charge in [0.25, 0.3) is 0 Å². The van der Waals surface area contributed by atoms with E-state index in [0.29, 0.717) is 22.1 Å². The highest BCUT2D eigenvalue weighted by molar-refractivity contribution is 5.88. The first-order valence-corrected chi connectivity index (χ1v) is 6.52. The molecule has 0 fully saturated rings. The monoisotopic (exact) mass is 253 g/mol. The van der Waals surface area contributed by atoms with Gasteiger partial charge in [-0.25, -0.2) is 4.98 Å². The molecule has 0 N–H and O–H groups in total. The van der Waals surface area contributed by atoms with Gasteiger partial charge in [0.1, 0.15) is 5.58 Å². The van der Waals surface area contributed by atoms with Crippen molar-refractivity contribution in [3.05, 3.63) is 51.8 Å². The highest BCUT2D eigenvalue weighted by Crippen LogP contribution is 2.20. The van der Waals surface area contributed by atoms with Gasteiger partial charge in [-0.15, -0.1) is 0 Å². The van der Waals surface area contributed by atoms with Gasteiger partial charge in [0.15, 0.2) is 0 Å². The highest BCUT2D eigenvalue weighted by Gasteiger charge is 2.10. The van der Waals surface area contributed by atoms with Crippen LogP contribution in [0.25, 0.3) is 22.1 Å². The van der Waals surface area contributed by atoms with Crippen LogP contribution in [0.2, 0.25) is 0 Å². The topological polar surface area (TPSA) is 43.1 Å². The minimum absolute atomic E-state index is 0.00158. The van der Waals surface area contributed by atoms with Crippen LogP contribution in [0.3, 0.4) is 0 Å². The zero-order valence-corrected chi connectivity index (χ0v) is 11.1. The Hall–Kier alpha value is -2.16. The SMILES string of the molecule is CCCc1cc2c(=O)c3ccccc3oc2nc1C. The van der Waals surface area contributed by atoms with E-state index in [-0.39, 0.29) is 5.43 Å². The van der Waals surface area contributed by atoms with Gasteiger partial charge in [-0.05, 0) is 37.1 Å². The molecule has 0 atom stereocenters. The average molecular weight is 253 g/mol. The predicted molar refractivity (Wildman–Crippen MR) is 76.5 cm³/mol. The number of para-hydroxylation sites is 1. The standard InChI is InChI=1S/C16H15NO2/c1-3-6-11-9-13-15(18)12-7-4-5-8-14(12)19-16(13)17-10(11)2/h4-5,7-9H,3,6H2,1-2H3. The summed E-state index contributed by atoms with van der Waals surface area (Å²) in [5.74, 6) is 0. The van der Waals surface area contributed by atoms with Crippen molar-refractivity contribution < 1.29 is 4.42 Å². The molecule has 0 spiro atoms. The molecule has 3 aromatic rings. The van der Waals surface area contributed by atoms with Crippen LogP contribution in [-0.2, 0) is 6.42 Å². The summed E-state index contributed by atoms with van der Waals surface area (Å²) in [5, 5.41) is 1.19. The lowest BCUT2D eigenvalue weighted by molar-refractivity contribution is 0.642. The molecule has 0 saturated carbocycles. The predicted octanol–water partition coefficient (Wildman–Crippen LogP) is 3.60. The summed E-state index contributed by atoms with van der Waals surface area (Å²) in [5.41, 5.74) is 3.09. The van der Waals surface area contributed by atoms with Crippen molar-refractivity contribution in [2.45, 2.75) is 26.7 Å². The van der Waals surface area contributed by atoms with Gasteiger partial charge in [0, 0.05) is 5.69 Å². The Morgan fingerprint density at radius 1 is 1.21 bits per heavy atom. The first kappa shape index (κ1) is 11.9. The third-order valence-corrected chi connectivity index (χ3v) is 3.39. The normalized spacial score (nSPS) is 11.3. The Balaban J connectivity index is 2.42. The van der Waals surface area contributed by atoms with Gasteiger partial charge < -0.3 is 4.42 Å². The molecular formula is C16H15NO2. The van der Waals surface area contributed by atoms with Crippen molar-refractivity contribution in [2.75, 3.05) is 0 Å². The average Bonchev–Trinajstić information content (AvgIpc) is 2.41. The second-order valence-corrected chi connectivity index (χ2v) is 4.76. The Labute approximate surface area is 110 Å². The van der Waals surface area contributed by atoms with Crippen LogP contribution in [0, 0.1) is 6.92 Å². The van der Waals surface area contributed by atoms with E-state index < -0.39 is 0 Å². The summed E-state index contributed by atoms with van der Waals surface area (Å²) in [6, 6.07) is 9.22. The van der Waals surface area contributed by atoms with Gasteiger partial charge in [-0.2, -0.15) is 0 Å². The Bertz CT molecular complexity index is 818. The zero-order valence-electron chi connectivity index (χ0n) is 11.1. The number of nitrogens with zero attached hydrogens (tertiary/aromatic N) is 1. The van der Waals surface area contributed by atoms with Crippen molar-refractivity contribution in [3.8, 4) is 0 Å². The van der Waals surface area contributed by atoms with Gasteiger partial charge in [-0.1, -0.05) is 25.5 Å². The fourth-order valence-electron chi connectivity index (χ4n) is 2.38. The van der Waals surface area contributed by atoms with E-state index in [1.165, 1.54) is 0 Å². The molecule has 0 aliphatic heterocycles. The van der Waals surface area contributed by atoms with E-state index >= 15 is 0 Å². The van der Waals surface area contributed by atoms with Crippen molar-refractivity contribution in [2.24, 2.45) is 0 Å². The number of fused-ring (bicyclic) bond motifs is 2. The van der Waals surface area contributed by atoms with E-state index in [1.807, 2.05) is 25.1 Å². The van der Waals surface area contributed by atoms with E-state index in [1.54, 1.807) is 12.1 Å². The van der Waals surface area contributed by atoms with Gasteiger partial charge in [0.2, 0.25) is 11.1 Å². The van der Waals surface area contributed by atoms with E-state index in [9.17, 15) is 4.79 Å². The van der Waals surface area contributed by atoms with Crippen molar-refractivity contribution in [3.63, 3.8) is 0 Å². The Morgan fingerprint density at radius 2 is 2.00 bits per heavy atom. The molecule has 0 bridgehead atoms. The third kappa shape index (κ3) is 1.91. The van der Waals surface area contributed by atoms with Crippen LogP contribution in [0.15, 0.2) is 39.5 Å². The first-order chi connectivity index (χ1) is 9.20. The van der Waals surface area contributed by atoms with Gasteiger partial charge in [0.05, 0.1) is 10.8 Å². The summed E-state index contributed by atoms with van der Waals surface area (Å²) >= 11 is 0. The molecule has 0 radical (unpaired) electrons. The molecular weight excluding hydrogens is 238 g/mol. The molecule has 2 heterocycles. The fraction of sp³-hybridized carbons (Fsp3) is 0.250. The van der Waals surface area contributed by atoms with Gasteiger partial charge >= 0.3 is 0 Å². The number of aryl methyl sites for hydroxylation is 2. The van der Waals surface area contributed by atoms with Crippen molar-refractivity contribution >= 4 is 22.1 Å². The lowest BCUT2D eigenvalue weighted by Crippen LogP contribution is -2.05. The molecule has 96 valence electrons. The quantitative estimate of drug-likeness (QED) is 0.655. The fourth-order valence-corrected chi connectivity index (χ4v) is 2.38. The molecule has 3 heteroatoms. The smallest absolute Gasteiger partial charge is 0.230 e. The second kappa shape index (κ2) is 4.50. The maximum Gasteiger partial charge on any atom is 0.230 e. The summed E-state index contributed by atoms with van der Waals surface area (Å²) < 4.78 is 5.73. The number of hydrogen-bond acceptors (Lipinski definition) is 3. The lowest BCUT2D eigenvalue weighted by atomic mass is 10.1. The second-order valence-electron chi connectivity index (χ2n) is 4.76. The molecule has 3 nitrogen and oxygen atoms in total. The van der Waals surface area contributed by atoms with E-state index in [4.69, 9.17) is 4.42 Å². The molecule has 0 aliphatic carbocycles. The maximum absolute atomic E-state index is 12.5. The molecule has 3 rings (SSSR count). The summed E-state index contributed by atoms with van der Waals surface area (Å²) in [7, 11) is 0. The van der Waals surface area contributed by atoms with Crippen LogP contribution < -0.4 is 5.43 Å². The van der Waals surface area contributed by atoms with Crippen LogP contribution in [-0.4, -0.2) is 4.98 Å². The van der Waals surface area contributed by atoms with Crippen LogP contribution in [0.1, 0.15) is 24.6 Å². The molecule has 0 aliphatic rings. The summed E-state index contributed by atoms with van der Waals surface area (Å²) in [6.45, 7) is 4.08. The number of rotatable bonds is 2. The highest BCUT2D eigenvalue weighted by atomic mass is 16.3. The lowest BCUT2D eigenvalue weighted by Gasteiger charge is -2.06. The molecule has 0 saturated heterocycles. The Morgan fingerprint density at radius 3 is 2.79 bits per heavy atom. The minimum Gasteiger partial charge on any atom is -0.437 e. The van der Waals surface area contributed by atoms with Crippen molar-refractivity contribution in [1.29, 1.82) is 0 Å². The molecule has 0 unspecified atom stereocenters. The van der Waals surface area contributed by atoms with E-state index in [2.05, 4.69) is 11.9 Å². The van der Waals surface area contributed by atoms with Gasteiger partial charge in [-0.3, -0.25) is 4.79 Å². The minimum atomic E-state index is 0.00158. The largest absolute Gasteiger partial charge is 0.437 e. The molecule has 1 aromatic carbocycles. The van der Waals surface area contributed by atoms with Crippen LogP contribution in [0.4, 0.5) is 0 Å². The molecule has 19 heavy (non-hydrogen) atoms.